The minimum atomic E-state index is -2.75. The molecule has 1 N–H and O–H groups in total. The van der Waals surface area contributed by atoms with Gasteiger partial charge in [0.05, 0.1) is 11.1 Å². The third kappa shape index (κ3) is 4.83. The van der Waals surface area contributed by atoms with E-state index in [1.165, 1.54) is 19.4 Å². The Bertz CT molecular complexity index is 1070. The van der Waals surface area contributed by atoms with Crippen LogP contribution in [-0.2, 0) is 4.74 Å². The van der Waals surface area contributed by atoms with Gasteiger partial charge in [0, 0.05) is 19.4 Å². The SMILES string of the molecule is COCCOc1c(Br)cc(C(=O)Nc2nnc(-n3nccc3C(F)F)s2)oc1=O. The number of alkyl halides is 2. The van der Waals surface area contributed by atoms with Crippen LogP contribution in [0.25, 0.3) is 5.13 Å². The number of ether oxygens (including phenoxy) is 2. The highest BCUT2D eigenvalue weighted by molar-refractivity contribution is 9.10. The second-order valence-electron chi connectivity index (χ2n) is 5.23. The van der Waals surface area contributed by atoms with E-state index in [9.17, 15) is 18.4 Å². The molecule has 3 heterocycles. The summed E-state index contributed by atoms with van der Waals surface area (Å²) in [4.78, 5) is 24.4. The average Bonchev–Trinajstić information content (AvgIpc) is 3.32. The van der Waals surface area contributed by atoms with Crippen molar-refractivity contribution in [1.29, 1.82) is 0 Å². The Hall–Kier alpha value is -2.71. The van der Waals surface area contributed by atoms with Gasteiger partial charge in [-0.15, -0.1) is 10.2 Å². The number of carbonyl (C=O) groups is 1. The minimum absolute atomic E-state index is 0.0000844. The van der Waals surface area contributed by atoms with Crippen LogP contribution in [0.4, 0.5) is 13.9 Å². The molecule has 0 aromatic carbocycles. The van der Waals surface area contributed by atoms with Crippen molar-refractivity contribution in [3.8, 4) is 10.9 Å². The van der Waals surface area contributed by atoms with Crippen LogP contribution in [0.3, 0.4) is 0 Å². The largest absolute Gasteiger partial charge is 0.483 e. The lowest BCUT2D eigenvalue weighted by Gasteiger charge is -2.07. The Labute approximate surface area is 173 Å². The van der Waals surface area contributed by atoms with Gasteiger partial charge >= 0.3 is 5.63 Å². The number of methoxy groups -OCH3 is 1. The summed E-state index contributed by atoms with van der Waals surface area (Å²) in [5.41, 5.74) is -1.23. The Balaban J connectivity index is 1.75. The van der Waals surface area contributed by atoms with Crippen molar-refractivity contribution >= 4 is 38.3 Å². The van der Waals surface area contributed by atoms with E-state index in [1.807, 2.05) is 0 Å². The van der Waals surface area contributed by atoms with Crippen LogP contribution in [0.1, 0.15) is 22.7 Å². The molecule has 29 heavy (non-hydrogen) atoms. The summed E-state index contributed by atoms with van der Waals surface area (Å²) < 4.78 is 42.1. The van der Waals surface area contributed by atoms with Crippen molar-refractivity contribution in [2.24, 2.45) is 0 Å². The molecule has 0 unspecified atom stereocenters. The number of carbonyl (C=O) groups excluding carboxylic acids is 1. The summed E-state index contributed by atoms with van der Waals surface area (Å²) in [6.45, 7) is 0.379. The van der Waals surface area contributed by atoms with Crippen LogP contribution in [0, 0.1) is 0 Å². The fourth-order valence-electron chi connectivity index (χ4n) is 2.07. The number of aromatic nitrogens is 4. The van der Waals surface area contributed by atoms with Gasteiger partial charge in [0.2, 0.25) is 16.0 Å². The van der Waals surface area contributed by atoms with Crippen molar-refractivity contribution in [3.63, 3.8) is 0 Å². The molecule has 0 aliphatic carbocycles. The molecule has 0 saturated carbocycles. The van der Waals surface area contributed by atoms with Gasteiger partial charge in [0.1, 0.15) is 12.3 Å². The molecule has 0 atom stereocenters. The summed E-state index contributed by atoms with van der Waals surface area (Å²) in [6.07, 6.45) is -1.56. The maximum absolute atomic E-state index is 13.0. The smallest absolute Gasteiger partial charge is 0.380 e. The van der Waals surface area contributed by atoms with Crippen molar-refractivity contribution in [3.05, 3.63) is 44.7 Å². The standard InChI is InChI=1S/C15H12BrF2N5O5S/c1-26-4-5-27-10-7(16)6-9(28-13(10)25)12(24)20-14-21-22-15(29-14)23-8(11(17)18)2-3-19-23/h2-3,6,11H,4-5H2,1H3,(H,20,21,24). The average molecular weight is 492 g/mol. The Morgan fingerprint density at radius 3 is 2.90 bits per heavy atom. The normalized spacial score (nSPS) is 11.1. The van der Waals surface area contributed by atoms with Gasteiger partial charge in [-0.3, -0.25) is 10.1 Å². The zero-order chi connectivity index (χ0) is 21.0. The van der Waals surface area contributed by atoms with E-state index >= 15 is 0 Å². The monoisotopic (exact) mass is 491 g/mol. The molecule has 0 aliphatic rings. The summed E-state index contributed by atoms with van der Waals surface area (Å²) in [5, 5.41) is 13.6. The maximum atomic E-state index is 13.0. The molecule has 0 radical (unpaired) electrons. The van der Waals surface area contributed by atoms with Crippen LogP contribution < -0.4 is 15.7 Å². The molecule has 0 bridgehead atoms. The predicted molar refractivity (Wildman–Crippen MR) is 100.0 cm³/mol. The quantitative estimate of drug-likeness (QED) is 0.477. The van der Waals surface area contributed by atoms with Gasteiger partial charge in [-0.05, 0) is 22.0 Å². The fraction of sp³-hybridized carbons (Fsp3) is 0.267. The highest BCUT2D eigenvalue weighted by Gasteiger charge is 2.20. The topological polar surface area (TPSA) is 121 Å². The molecule has 10 nitrogen and oxygen atoms in total. The van der Waals surface area contributed by atoms with Gasteiger partial charge in [0.15, 0.2) is 5.76 Å². The van der Waals surface area contributed by atoms with Gasteiger partial charge < -0.3 is 13.9 Å². The number of hydrogen-bond donors (Lipinski definition) is 1. The van der Waals surface area contributed by atoms with Crippen molar-refractivity contribution in [1.82, 2.24) is 20.0 Å². The number of nitrogens with zero attached hydrogens (tertiary/aromatic N) is 4. The van der Waals surface area contributed by atoms with E-state index in [2.05, 4.69) is 36.5 Å². The summed E-state index contributed by atoms with van der Waals surface area (Å²) in [7, 11) is 1.48. The molecule has 0 fully saturated rings. The third-order valence-electron chi connectivity index (χ3n) is 3.33. The second kappa shape index (κ2) is 9.19. The van der Waals surface area contributed by atoms with E-state index in [1.54, 1.807) is 0 Å². The number of anilines is 1. The van der Waals surface area contributed by atoms with E-state index in [4.69, 9.17) is 13.9 Å². The maximum Gasteiger partial charge on any atom is 0.380 e. The van der Waals surface area contributed by atoms with Gasteiger partial charge in [0.25, 0.3) is 12.3 Å². The Morgan fingerprint density at radius 1 is 1.41 bits per heavy atom. The molecule has 3 aromatic rings. The number of nitrogens with one attached hydrogen (secondary N) is 1. The number of amides is 1. The first-order chi connectivity index (χ1) is 13.9. The fourth-order valence-corrected chi connectivity index (χ4v) is 3.27. The molecular weight excluding hydrogens is 480 g/mol. The molecule has 0 spiro atoms. The van der Waals surface area contributed by atoms with E-state index < -0.39 is 18.0 Å². The number of hydrogen-bond acceptors (Lipinski definition) is 9. The molecular formula is C15H12BrF2N5O5S. The number of halogens is 3. The van der Waals surface area contributed by atoms with Crippen molar-refractivity contribution < 1.29 is 27.5 Å². The van der Waals surface area contributed by atoms with Crippen molar-refractivity contribution in [2.45, 2.75) is 6.43 Å². The highest BCUT2D eigenvalue weighted by atomic mass is 79.9. The van der Waals surface area contributed by atoms with Gasteiger partial charge in [-0.25, -0.2) is 18.3 Å². The minimum Gasteiger partial charge on any atom is -0.483 e. The predicted octanol–water partition coefficient (Wildman–Crippen LogP) is 2.65. The lowest BCUT2D eigenvalue weighted by molar-refractivity contribution is 0.0989. The summed E-state index contributed by atoms with van der Waals surface area (Å²) in [5.74, 6) is -1.21. The van der Waals surface area contributed by atoms with Crippen LogP contribution in [0.15, 0.2) is 32.0 Å². The molecule has 1 amide bonds. The van der Waals surface area contributed by atoms with E-state index in [0.717, 1.165) is 22.1 Å². The lowest BCUT2D eigenvalue weighted by Crippen LogP contribution is -2.17. The van der Waals surface area contributed by atoms with Crippen LogP contribution in [-0.4, -0.2) is 46.2 Å². The zero-order valence-electron chi connectivity index (χ0n) is 14.6. The number of rotatable bonds is 8. The summed E-state index contributed by atoms with van der Waals surface area (Å²) >= 11 is 3.95. The summed E-state index contributed by atoms with van der Waals surface area (Å²) in [6, 6.07) is 2.40. The van der Waals surface area contributed by atoms with E-state index in [0.29, 0.717) is 0 Å². The van der Waals surface area contributed by atoms with Gasteiger partial charge in [-0.1, -0.05) is 11.3 Å². The first-order valence-electron chi connectivity index (χ1n) is 7.83. The van der Waals surface area contributed by atoms with Crippen LogP contribution >= 0.6 is 27.3 Å². The van der Waals surface area contributed by atoms with Crippen LogP contribution in [0.2, 0.25) is 0 Å². The molecule has 154 valence electrons. The van der Waals surface area contributed by atoms with E-state index in [-0.39, 0.29) is 45.2 Å². The molecule has 0 aliphatic heterocycles. The Kier molecular flexibility index (Phi) is 6.66. The van der Waals surface area contributed by atoms with Crippen molar-refractivity contribution in [2.75, 3.05) is 25.6 Å². The molecule has 3 rings (SSSR count). The molecule has 14 heteroatoms. The lowest BCUT2D eigenvalue weighted by atomic mass is 10.3. The molecule has 0 saturated heterocycles. The van der Waals surface area contributed by atoms with Crippen LogP contribution in [0.5, 0.6) is 5.75 Å². The second-order valence-corrected chi connectivity index (χ2v) is 7.04. The highest BCUT2D eigenvalue weighted by Crippen LogP contribution is 2.26. The third-order valence-corrected chi connectivity index (χ3v) is 4.74. The first kappa shape index (κ1) is 21.0. The Morgan fingerprint density at radius 2 is 2.21 bits per heavy atom. The molecule has 3 aromatic heterocycles. The zero-order valence-corrected chi connectivity index (χ0v) is 17.0. The first-order valence-corrected chi connectivity index (χ1v) is 9.44. The van der Waals surface area contributed by atoms with Gasteiger partial charge in [-0.2, -0.15) is 5.10 Å².